The third-order valence-electron chi connectivity index (χ3n) is 4.31. The number of halogens is 6. The van der Waals surface area contributed by atoms with Crippen LogP contribution in [0.2, 0.25) is 0 Å². The maximum absolute atomic E-state index is 12.7. The van der Waals surface area contributed by atoms with Crippen LogP contribution in [-0.4, -0.2) is 62.0 Å². The number of hydrogen-bond acceptors (Lipinski definition) is 5. The summed E-state index contributed by atoms with van der Waals surface area (Å²) in [5.41, 5.74) is -4.62. The number of methoxy groups -OCH3 is 2. The number of alkyl halides is 6. The molecular weight excluding hydrogens is 378 g/mol. The van der Waals surface area contributed by atoms with Gasteiger partial charge < -0.3 is 24.8 Å². The zero-order valence-corrected chi connectivity index (χ0v) is 14.2. The van der Waals surface area contributed by atoms with E-state index in [-0.39, 0.29) is 0 Å². The summed E-state index contributed by atoms with van der Waals surface area (Å²) in [6, 6.07) is 0. The van der Waals surface area contributed by atoms with Crippen LogP contribution in [0.5, 0.6) is 0 Å². The van der Waals surface area contributed by atoms with Crippen LogP contribution in [-0.2, 0) is 23.8 Å². The van der Waals surface area contributed by atoms with E-state index in [1.807, 2.05) is 0 Å². The van der Waals surface area contributed by atoms with E-state index in [0.717, 1.165) is 21.1 Å². The van der Waals surface area contributed by atoms with E-state index >= 15 is 0 Å². The molecule has 1 rings (SSSR count). The van der Waals surface area contributed by atoms with Crippen LogP contribution in [0.3, 0.4) is 0 Å². The van der Waals surface area contributed by atoms with Crippen molar-refractivity contribution >= 4 is 11.8 Å². The van der Waals surface area contributed by atoms with Gasteiger partial charge in [-0.1, -0.05) is 0 Å². The van der Waals surface area contributed by atoms with Crippen molar-refractivity contribution in [2.24, 2.45) is 0 Å². The molecule has 3 atom stereocenters. The number of hydrogen-bond donors (Lipinski definition) is 2. The second-order valence-electron chi connectivity index (χ2n) is 5.77. The molecule has 0 aromatic heterocycles. The highest BCUT2D eigenvalue weighted by Gasteiger charge is 2.62. The normalized spacial score (nSPS) is 29.2. The molecule has 0 bridgehead atoms. The minimum Gasteiger partial charge on any atom is -0.371 e. The summed E-state index contributed by atoms with van der Waals surface area (Å²) in [6.45, 7) is 2.37. The Morgan fingerprint density at radius 3 is 1.77 bits per heavy atom. The van der Waals surface area contributed by atoms with Crippen molar-refractivity contribution in [3.05, 3.63) is 0 Å². The summed E-state index contributed by atoms with van der Waals surface area (Å²) in [5, 5.41) is 2.86. The molecule has 0 aromatic rings. The molecule has 1 aliphatic heterocycles. The summed E-state index contributed by atoms with van der Waals surface area (Å²) in [7, 11) is 2.08. The maximum atomic E-state index is 12.7. The van der Waals surface area contributed by atoms with Gasteiger partial charge in [-0.15, -0.1) is 0 Å². The Balaban J connectivity index is 3.47. The van der Waals surface area contributed by atoms with E-state index in [2.05, 4.69) is 0 Å². The van der Waals surface area contributed by atoms with Crippen molar-refractivity contribution in [3.63, 3.8) is 0 Å². The predicted octanol–water partition coefficient (Wildman–Crippen LogP) is 1.23. The van der Waals surface area contributed by atoms with E-state index in [1.54, 1.807) is 0 Å². The average molecular weight is 396 g/mol. The minimum atomic E-state index is -5.42. The highest BCUT2D eigenvalue weighted by atomic mass is 19.4. The average Bonchev–Trinajstić information content (AvgIpc) is 2.49. The molecular formula is C13H18F6N2O5. The second kappa shape index (κ2) is 7.19. The van der Waals surface area contributed by atoms with Gasteiger partial charge in [0.15, 0.2) is 6.29 Å². The van der Waals surface area contributed by atoms with Crippen molar-refractivity contribution in [2.45, 2.75) is 56.3 Å². The molecule has 1 aliphatic rings. The Hall–Kier alpha value is -1.60. The molecule has 13 heteroatoms. The number of amides is 2. The third kappa shape index (κ3) is 4.20. The number of carbonyl (C=O) groups is 2. The van der Waals surface area contributed by atoms with E-state index in [9.17, 15) is 35.9 Å². The lowest BCUT2D eigenvalue weighted by molar-refractivity contribution is -0.283. The molecule has 7 nitrogen and oxygen atoms in total. The van der Waals surface area contributed by atoms with Crippen molar-refractivity contribution in [1.29, 1.82) is 0 Å². The Morgan fingerprint density at radius 2 is 1.46 bits per heavy atom. The fourth-order valence-electron chi connectivity index (χ4n) is 2.60. The van der Waals surface area contributed by atoms with Gasteiger partial charge >= 0.3 is 24.2 Å². The molecule has 0 aliphatic carbocycles. The molecule has 1 fully saturated rings. The molecule has 0 aromatic carbocycles. The third-order valence-corrected chi connectivity index (χ3v) is 4.31. The first-order valence-corrected chi connectivity index (χ1v) is 7.15. The zero-order valence-electron chi connectivity index (χ0n) is 14.2. The lowest BCUT2D eigenvalue weighted by Gasteiger charge is -2.55. The number of ether oxygens (including phenoxy) is 3. The molecule has 0 spiro atoms. The largest absolute Gasteiger partial charge is 0.471 e. The molecule has 0 radical (unpaired) electrons. The summed E-state index contributed by atoms with van der Waals surface area (Å²) < 4.78 is 91.6. The Bertz CT molecular complexity index is 524. The van der Waals surface area contributed by atoms with Crippen LogP contribution in [0, 0.1) is 0 Å². The van der Waals surface area contributed by atoms with Gasteiger partial charge in [-0.2, -0.15) is 26.3 Å². The summed E-state index contributed by atoms with van der Waals surface area (Å²) >= 11 is 0. The monoisotopic (exact) mass is 396 g/mol. The van der Waals surface area contributed by atoms with Gasteiger partial charge in [-0.05, 0) is 13.8 Å². The topological polar surface area (TPSA) is 85.9 Å². The summed E-state index contributed by atoms with van der Waals surface area (Å²) in [4.78, 5) is 22.9. The van der Waals surface area contributed by atoms with Crippen LogP contribution in [0.4, 0.5) is 26.3 Å². The first-order valence-electron chi connectivity index (χ1n) is 7.15. The van der Waals surface area contributed by atoms with Gasteiger partial charge in [0.2, 0.25) is 0 Å². The van der Waals surface area contributed by atoms with E-state index in [1.165, 1.54) is 17.6 Å². The van der Waals surface area contributed by atoms with Crippen molar-refractivity contribution < 1.29 is 50.1 Å². The lowest BCUT2D eigenvalue weighted by atomic mass is 9.78. The molecule has 0 unspecified atom stereocenters. The molecule has 152 valence electrons. The van der Waals surface area contributed by atoms with Crippen molar-refractivity contribution in [2.75, 3.05) is 14.2 Å². The number of nitrogens with one attached hydrogen (secondary N) is 2. The molecule has 1 saturated heterocycles. The Kier molecular flexibility index (Phi) is 6.21. The molecule has 2 amide bonds. The second-order valence-corrected chi connectivity index (χ2v) is 5.77. The fourth-order valence-corrected chi connectivity index (χ4v) is 2.60. The van der Waals surface area contributed by atoms with Crippen LogP contribution in [0.1, 0.15) is 20.3 Å². The zero-order chi connectivity index (χ0) is 20.6. The highest BCUT2D eigenvalue weighted by molar-refractivity contribution is 5.86. The molecule has 1 heterocycles. The summed E-state index contributed by atoms with van der Waals surface area (Å²) in [5.74, 6) is -5.13. The molecule has 26 heavy (non-hydrogen) atoms. The summed E-state index contributed by atoms with van der Waals surface area (Å²) in [6.07, 6.45) is -14.1. The van der Waals surface area contributed by atoms with Gasteiger partial charge in [0.1, 0.15) is 11.3 Å². The highest BCUT2D eigenvalue weighted by Crippen LogP contribution is 2.40. The van der Waals surface area contributed by atoms with Gasteiger partial charge in [-0.25, -0.2) is 0 Å². The first kappa shape index (κ1) is 22.4. The molecule has 2 N–H and O–H groups in total. The van der Waals surface area contributed by atoms with Crippen LogP contribution in [0.15, 0.2) is 0 Å². The fraction of sp³-hybridized carbons (Fsp3) is 0.846. The first-order chi connectivity index (χ1) is 11.6. The van der Waals surface area contributed by atoms with Crippen molar-refractivity contribution in [1.82, 2.24) is 10.6 Å². The standard InChI is InChI=1S/C13H18F6N2O5/c1-6-10(2,25-4)11(5-7(24-3)26-6,20-8(22)12(14,15)16)21-9(23)13(17,18)19/h6-7H,5H2,1-4H3,(H,20,22)(H,21,23)/t6-,7+,10+/m1/s1. The van der Waals surface area contributed by atoms with Gasteiger partial charge in [0.05, 0.1) is 6.10 Å². The van der Waals surface area contributed by atoms with E-state index < -0.39 is 54.2 Å². The van der Waals surface area contributed by atoms with Crippen LogP contribution >= 0.6 is 0 Å². The number of carbonyl (C=O) groups excluding carboxylic acids is 2. The van der Waals surface area contributed by atoms with Gasteiger partial charge in [0, 0.05) is 20.6 Å². The van der Waals surface area contributed by atoms with Crippen LogP contribution < -0.4 is 10.6 Å². The SMILES string of the molecule is CO[C@@H]1CC(NC(=O)C(F)(F)F)(NC(=O)C(F)(F)F)[C@@](C)(OC)[C@@H](C)O1. The maximum Gasteiger partial charge on any atom is 0.471 e. The molecule has 0 saturated carbocycles. The lowest BCUT2D eigenvalue weighted by Crippen LogP contribution is -2.80. The minimum absolute atomic E-state index is 0.776. The van der Waals surface area contributed by atoms with Crippen molar-refractivity contribution in [3.8, 4) is 0 Å². The quantitative estimate of drug-likeness (QED) is 0.552. The van der Waals surface area contributed by atoms with Gasteiger partial charge in [-0.3, -0.25) is 9.59 Å². The van der Waals surface area contributed by atoms with E-state index in [4.69, 9.17) is 14.2 Å². The Labute approximate surface area is 144 Å². The Morgan fingerprint density at radius 1 is 1.04 bits per heavy atom. The number of rotatable bonds is 4. The van der Waals surface area contributed by atoms with Gasteiger partial charge in [0.25, 0.3) is 0 Å². The van der Waals surface area contributed by atoms with Crippen LogP contribution in [0.25, 0.3) is 0 Å². The smallest absolute Gasteiger partial charge is 0.371 e. The van der Waals surface area contributed by atoms with E-state index in [0.29, 0.717) is 0 Å². The predicted molar refractivity (Wildman–Crippen MR) is 72.5 cm³/mol.